The van der Waals surface area contributed by atoms with Crippen LogP contribution in [0, 0.1) is 17.8 Å². The number of allylic oxidation sites excluding steroid dienone is 1. The van der Waals surface area contributed by atoms with Crippen molar-refractivity contribution in [1.29, 1.82) is 0 Å². The molecule has 1 aliphatic carbocycles. The predicted octanol–water partition coefficient (Wildman–Crippen LogP) is 5.41. The average Bonchev–Trinajstić information content (AvgIpc) is 2.55. The molecule has 0 aliphatic heterocycles. The Morgan fingerprint density at radius 3 is 2.62 bits per heavy atom. The van der Waals surface area contributed by atoms with Gasteiger partial charge in [0.15, 0.2) is 0 Å². The lowest BCUT2D eigenvalue weighted by Crippen LogP contribution is -2.34. The quantitative estimate of drug-likeness (QED) is 0.669. The van der Waals surface area contributed by atoms with E-state index in [2.05, 4.69) is 20.8 Å². The van der Waals surface area contributed by atoms with Crippen molar-refractivity contribution in [2.45, 2.75) is 46.1 Å². The predicted molar refractivity (Wildman–Crippen MR) is 101 cm³/mol. The SMILES string of the molecule is CC1CCC(C(C)C)C(OP(=O)(CO)C/C=C/c2ccccc2)C1. The molecule has 0 saturated heterocycles. The number of hydrogen-bond acceptors (Lipinski definition) is 3. The lowest BCUT2D eigenvalue weighted by molar-refractivity contribution is 0.0456. The molecule has 4 heteroatoms. The first-order valence-corrected chi connectivity index (χ1v) is 11.0. The summed E-state index contributed by atoms with van der Waals surface area (Å²) in [6, 6.07) is 9.91. The van der Waals surface area contributed by atoms with Crippen LogP contribution in [0.5, 0.6) is 0 Å². The van der Waals surface area contributed by atoms with Gasteiger partial charge in [0.1, 0.15) is 6.35 Å². The van der Waals surface area contributed by atoms with Gasteiger partial charge in [-0.2, -0.15) is 0 Å². The van der Waals surface area contributed by atoms with Crippen LogP contribution in [0.3, 0.4) is 0 Å². The highest BCUT2D eigenvalue weighted by Gasteiger charge is 2.36. The molecule has 1 aromatic rings. The third-order valence-corrected chi connectivity index (χ3v) is 6.85. The van der Waals surface area contributed by atoms with Crippen molar-refractivity contribution in [2.24, 2.45) is 17.8 Å². The van der Waals surface area contributed by atoms with Crippen molar-refractivity contribution in [2.75, 3.05) is 12.5 Å². The molecule has 0 bridgehead atoms. The molecule has 0 spiro atoms. The van der Waals surface area contributed by atoms with E-state index in [1.165, 1.54) is 6.42 Å². The van der Waals surface area contributed by atoms with E-state index < -0.39 is 7.37 Å². The summed E-state index contributed by atoms with van der Waals surface area (Å²) in [5.41, 5.74) is 1.06. The molecule has 134 valence electrons. The maximum absolute atomic E-state index is 13.0. The molecule has 0 heterocycles. The Balaban J connectivity index is 2.02. The maximum Gasteiger partial charge on any atom is 0.231 e. The van der Waals surface area contributed by atoms with Crippen molar-refractivity contribution in [3.8, 4) is 0 Å². The molecule has 4 atom stereocenters. The van der Waals surface area contributed by atoms with Crippen LogP contribution in [0.25, 0.3) is 6.08 Å². The summed E-state index contributed by atoms with van der Waals surface area (Å²) < 4.78 is 19.1. The summed E-state index contributed by atoms with van der Waals surface area (Å²) in [5.74, 6) is 1.53. The van der Waals surface area contributed by atoms with Gasteiger partial charge in [-0.3, -0.25) is 4.57 Å². The summed E-state index contributed by atoms with van der Waals surface area (Å²) in [4.78, 5) is 0. The van der Waals surface area contributed by atoms with Crippen molar-refractivity contribution < 1.29 is 14.2 Å². The minimum Gasteiger partial charge on any atom is -0.386 e. The second-order valence-corrected chi connectivity index (χ2v) is 9.91. The maximum atomic E-state index is 13.0. The summed E-state index contributed by atoms with van der Waals surface area (Å²) in [7, 11) is -3.04. The number of aliphatic hydroxyl groups excluding tert-OH is 1. The summed E-state index contributed by atoms with van der Waals surface area (Å²) in [6.07, 6.45) is 6.97. The van der Waals surface area contributed by atoms with Crippen LogP contribution in [-0.2, 0) is 9.09 Å². The molecule has 0 aromatic heterocycles. The highest BCUT2D eigenvalue weighted by atomic mass is 31.2. The third-order valence-electron chi connectivity index (χ3n) is 5.00. The first kappa shape index (κ1) is 19.4. The largest absolute Gasteiger partial charge is 0.386 e. The molecule has 1 aliphatic rings. The van der Waals surface area contributed by atoms with Crippen molar-refractivity contribution >= 4 is 13.4 Å². The Labute approximate surface area is 146 Å². The average molecular weight is 350 g/mol. The Bertz CT molecular complexity index is 568. The zero-order valence-corrected chi connectivity index (χ0v) is 16.0. The summed E-state index contributed by atoms with van der Waals surface area (Å²) in [5, 5.41) is 9.68. The van der Waals surface area contributed by atoms with Crippen molar-refractivity contribution in [3.05, 3.63) is 42.0 Å². The second kappa shape index (κ2) is 8.99. The number of hydrogen-bond donors (Lipinski definition) is 1. The van der Waals surface area contributed by atoms with Crippen LogP contribution in [0.4, 0.5) is 0 Å². The van der Waals surface area contributed by atoms with Gasteiger partial charge in [0.25, 0.3) is 0 Å². The molecule has 1 N–H and O–H groups in total. The standard InChI is InChI=1S/C20H31O3P/c1-16(2)19-12-11-17(3)14-20(19)23-24(22,15-21)13-7-10-18-8-5-4-6-9-18/h4-10,16-17,19-21H,11-15H2,1-3H3/b10-7+. The first-order chi connectivity index (χ1) is 11.4. The lowest BCUT2D eigenvalue weighted by Gasteiger charge is -2.38. The molecule has 4 unspecified atom stereocenters. The molecule has 1 fully saturated rings. The molecule has 0 radical (unpaired) electrons. The minimum atomic E-state index is -3.04. The Morgan fingerprint density at radius 1 is 1.29 bits per heavy atom. The molecule has 3 nitrogen and oxygen atoms in total. The molecular weight excluding hydrogens is 319 g/mol. The zero-order valence-electron chi connectivity index (χ0n) is 15.1. The Hall–Kier alpha value is -0.890. The van der Waals surface area contributed by atoms with Gasteiger partial charge in [-0.1, -0.05) is 69.7 Å². The van der Waals surface area contributed by atoms with Gasteiger partial charge in [0.05, 0.1) is 6.10 Å². The number of rotatable bonds is 7. The molecular formula is C20H31O3P. The van der Waals surface area contributed by atoms with Gasteiger partial charge in [-0.15, -0.1) is 0 Å². The Kier molecular flexibility index (Phi) is 7.28. The normalized spacial score (nSPS) is 27.5. The van der Waals surface area contributed by atoms with Gasteiger partial charge in [0, 0.05) is 6.16 Å². The summed E-state index contributed by atoms with van der Waals surface area (Å²) >= 11 is 0. The molecule has 0 amide bonds. The van der Waals surface area contributed by atoms with E-state index >= 15 is 0 Å². The van der Waals surface area contributed by atoms with E-state index in [1.807, 2.05) is 42.5 Å². The van der Waals surface area contributed by atoms with Crippen LogP contribution in [0.2, 0.25) is 0 Å². The fraction of sp³-hybridized carbons (Fsp3) is 0.600. The molecule has 24 heavy (non-hydrogen) atoms. The van der Waals surface area contributed by atoms with E-state index in [9.17, 15) is 9.67 Å². The third kappa shape index (κ3) is 5.58. The Morgan fingerprint density at radius 2 is 2.00 bits per heavy atom. The van der Waals surface area contributed by atoms with Crippen molar-refractivity contribution in [3.63, 3.8) is 0 Å². The summed E-state index contributed by atoms with van der Waals surface area (Å²) in [6.45, 7) is 6.64. The van der Waals surface area contributed by atoms with Crippen LogP contribution < -0.4 is 0 Å². The van der Waals surface area contributed by atoms with Gasteiger partial charge in [-0.05, 0) is 36.2 Å². The van der Waals surface area contributed by atoms with Gasteiger partial charge >= 0.3 is 0 Å². The smallest absolute Gasteiger partial charge is 0.231 e. The minimum absolute atomic E-state index is 0.00291. The molecule has 2 rings (SSSR count). The van der Waals surface area contributed by atoms with E-state index in [-0.39, 0.29) is 18.6 Å². The topological polar surface area (TPSA) is 46.5 Å². The highest BCUT2D eigenvalue weighted by molar-refractivity contribution is 7.58. The van der Waals surface area contributed by atoms with Gasteiger partial charge in [-0.25, -0.2) is 0 Å². The van der Waals surface area contributed by atoms with Crippen molar-refractivity contribution in [1.82, 2.24) is 0 Å². The van der Waals surface area contributed by atoms with E-state index in [0.29, 0.717) is 17.8 Å². The van der Waals surface area contributed by atoms with Gasteiger partial charge in [0.2, 0.25) is 7.37 Å². The lowest BCUT2D eigenvalue weighted by atomic mass is 9.75. The number of aliphatic hydroxyl groups is 1. The molecule has 1 aromatic carbocycles. The number of benzene rings is 1. The zero-order chi connectivity index (χ0) is 17.6. The van der Waals surface area contributed by atoms with E-state index in [4.69, 9.17) is 4.52 Å². The van der Waals surface area contributed by atoms with E-state index in [1.54, 1.807) is 0 Å². The van der Waals surface area contributed by atoms with Crippen LogP contribution >= 0.6 is 7.37 Å². The second-order valence-electron chi connectivity index (χ2n) is 7.42. The fourth-order valence-corrected chi connectivity index (χ4v) is 4.96. The molecule has 1 saturated carbocycles. The highest BCUT2D eigenvalue weighted by Crippen LogP contribution is 2.51. The monoisotopic (exact) mass is 350 g/mol. The van der Waals surface area contributed by atoms with Crippen LogP contribution in [0.1, 0.15) is 45.6 Å². The van der Waals surface area contributed by atoms with E-state index in [0.717, 1.165) is 18.4 Å². The van der Waals surface area contributed by atoms with Crippen LogP contribution in [-0.4, -0.2) is 23.7 Å². The van der Waals surface area contributed by atoms with Gasteiger partial charge < -0.3 is 9.63 Å². The van der Waals surface area contributed by atoms with Crippen LogP contribution in [0.15, 0.2) is 36.4 Å². The first-order valence-electron chi connectivity index (χ1n) is 9.02. The fourth-order valence-electron chi connectivity index (χ4n) is 3.53.